The highest BCUT2D eigenvalue weighted by atomic mass is 32.1. The topological polar surface area (TPSA) is 85.1 Å². The molecule has 6 heteroatoms. The Morgan fingerprint density at radius 3 is 2.53 bits per heavy atom. The van der Waals surface area contributed by atoms with Crippen molar-refractivity contribution in [1.29, 1.82) is 0 Å². The summed E-state index contributed by atoms with van der Waals surface area (Å²) >= 11 is 1.50. The maximum Gasteiger partial charge on any atom is 0.257 e. The van der Waals surface area contributed by atoms with Crippen molar-refractivity contribution in [3.8, 4) is 11.3 Å². The summed E-state index contributed by atoms with van der Waals surface area (Å²) in [6.07, 6.45) is 4.83. The van der Waals surface area contributed by atoms with Crippen LogP contribution in [0.2, 0.25) is 0 Å². The van der Waals surface area contributed by atoms with Crippen LogP contribution in [0, 0.1) is 11.3 Å². The molecule has 2 amide bonds. The molecular weight excluding hydrogens is 490 g/mol. The molecule has 0 radical (unpaired) electrons. The Kier molecular flexibility index (Phi) is 7.10. The molecule has 0 saturated carbocycles. The second kappa shape index (κ2) is 10.3. The first kappa shape index (κ1) is 26.1. The molecule has 0 spiro atoms. The molecule has 0 saturated heterocycles. The normalized spacial score (nSPS) is 15.3. The third kappa shape index (κ3) is 5.10. The maximum absolute atomic E-state index is 13.8. The van der Waals surface area contributed by atoms with Gasteiger partial charge < -0.3 is 11.1 Å². The Hall–Kier alpha value is -3.51. The predicted molar refractivity (Wildman–Crippen MR) is 157 cm³/mol. The number of para-hydroxylation sites is 1. The van der Waals surface area contributed by atoms with E-state index in [1.807, 2.05) is 30.3 Å². The number of amides is 2. The van der Waals surface area contributed by atoms with E-state index in [1.54, 1.807) is 0 Å². The van der Waals surface area contributed by atoms with Crippen LogP contribution in [-0.4, -0.2) is 16.8 Å². The first-order valence-electron chi connectivity index (χ1n) is 13.4. The minimum absolute atomic E-state index is 0.180. The molecule has 2 aromatic heterocycles. The number of nitrogens with zero attached hydrogens (tertiary/aromatic N) is 1. The molecular formula is C32H35N3O2S. The number of hydrogen-bond donors (Lipinski definition) is 2. The fourth-order valence-corrected chi connectivity index (χ4v) is 6.81. The fraction of sp³-hybridized carbons (Fsp3) is 0.344. The number of nitrogens with two attached hydrogens (primary N) is 1. The van der Waals surface area contributed by atoms with Crippen LogP contribution in [0.1, 0.15) is 77.3 Å². The number of nitrogens with one attached hydrogen (secondary N) is 1. The van der Waals surface area contributed by atoms with Gasteiger partial charge in [-0.25, -0.2) is 4.98 Å². The van der Waals surface area contributed by atoms with Crippen molar-refractivity contribution in [2.24, 2.45) is 17.1 Å². The molecule has 5 nitrogen and oxygen atoms in total. The van der Waals surface area contributed by atoms with Crippen molar-refractivity contribution in [3.63, 3.8) is 0 Å². The maximum atomic E-state index is 13.8. The van der Waals surface area contributed by atoms with E-state index >= 15 is 0 Å². The van der Waals surface area contributed by atoms with E-state index in [0.29, 0.717) is 22.0 Å². The minimum Gasteiger partial charge on any atom is -0.365 e. The van der Waals surface area contributed by atoms with E-state index in [0.717, 1.165) is 64.7 Å². The van der Waals surface area contributed by atoms with Gasteiger partial charge in [-0.05, 0) is 60.3 Å². The van der Waals surface area contributed by atoms with E-state index in [2.05, 4.69) is 57.3 Å². The number of rotatable bonds is 6. The number of aryl methyl sites for hydroxylation is 1. The minimum atomic E-state index is -0.487. The van der Waals surface area contributed by atoms with Gasteiger partial charge in [-0.2, -0.15) is 0 Å². The van der Waals surface area contributed by atoms with Gasteiger partial charge in [0.2, 0.25) is 0 Å². The zero-order chi connectivity index (χ0) is 27.0. The number of carbonyl (C=O) groups is 2. The zero-order valence-electron chi connectivity index (χ0n) is 22.6. The Bertz CT molecular complexity index is 1510. The second-order valence-corrected chi connectivity index (χ2v) is 12.5. The number of benzene rings is 2. The third-order valence-electron chi connectivity index (χ3n) is 7.71. The molecule has 5 rings (SSSR count). The summed E-state index contributed by atoms with van der Waals surface area (Å²) in [5.74, 6) is -0.228. The monoisotopic (exact) mass is 525 g/mol. The average molecular weight is 526 g/mol. The molecule has 2 aromatic carbocycles. The second-order valence-electron chi connectivity index (χ2n) is 11.4. The summed E-state index contributed by atoms with van der Waals surface area (Å²) in [7, 11) is 0. The lowest BCUT2D eigenvalue weighted by Crippen LogP contribution is -2.27. The number of thiophene rings is 1. The quantitative estimate of drug-likeness (QED) is 0.275. The first-order chi connectivity index (χ1) is 18.2. The van der Waals surface area contributed by atoms with Crippen molar-refractivity contribution in [1.82, 2.24) is 4.98 Å². The van der Waals surface area contributed by atoms with Crippen molar-refractivity contribution in [3.05, 3.63) is 81.7 Å². The smallest absolute Gasteiger partial charge is 0.257 e. The molecule has 1 atom stereocenters. The van der Waals surface area contributed by atoms with E-state index in [-0.39, 0.29) is 11.3 Å². The lowest BCUT2D eigenvalue weighted by atomic mass is 9.72. The Labute approximate surface area is 228 Å². The van der Waals surface area contributed by atoms with Crippen LogP contribution in [0.4, 0.5) is 5.00 Å². The molecule has 4 aromatic rings. The van der Waals surface area contributed by atoms with Crippen LogP contribution in [0.25, 0.3) is 22.2 Å². The first-order valence-corrected chi connectivity index (χ1v) is 14.2. The van der Waals surface area contributed by atoms with Gasteiger partial charge in [0, 0.05) is 15.8 Å². The van der Waals surface area contributed by atoms with Gasteiger partial charge in [-0.3, -0.25) is 9.59 Å². The largest absolute Gasteiger partial charge is 0.365 e. The van der Waals surface area contributed by atoms with Crippen LogP contribution in [0.15, 0.2) is 54.6 Å². The summed E-state index contributed by atoms with van der Waals surface area (Å²) in [5, 5.41) is 4.39. The van der Waals surface area contributed by atoms with E-state index < -0.39 is 5.91 Å². The summed E-state index contributed by atoms with van der Waals surface area (Å²) in [6, 6.07) is 17.9. The van der Waals surface area contributed by atoms with Crippen LogP contribution in [-0.2, 0) is 19.3 Å². The van der Waals surface area contributed by atoms with Gasteiger partial charge in [-0.1, -0.05) is 76.6 Å². The third-order valence-corrected chi connectivity index (χ3v) is 8.88. The molecule has 0 unspecified atom stereocenters. The van der Waals surface area contributed by atoms with Crippen molar-refractivity contribution >= 4 is 39.1 Å². The van der Waals surface area contributed by atoms with Gasteiger partial charge in [0.15, 0.2) is 0 Å². The molecule has 1 aliphatic carbocycles. The summed E-state index contributed by atoms with van der Waals surface area (Å²) < 4.78 is 0. The lowest BCUT2D eigenvalue weighted by Gasteiger charge is -2.33. The number of hydrogen-bond acceptors (Lipinski definition) is 4. The SMILES string of the molecule is CCCc1ccc(-c2cc(C(=O)Nc3sc4c(c3C(N)=O)CC[C@H](C(C)(C)C)C4)c3ccccc3n2)cc1. The average Bonchev–Trinajstić information content (AvgIpc) is 3.25. The zero-order valence-corrected chi connectivity index (χ0v) is 23.4. The molecule has 3 N–H and O–H groups in total. The highest BCUT2D eigenvalue weighted by molar-refractivity contribution is 7.17. The van der Waals surface area contributed by atoms with Crippen molar-refractivity contribution in [2.45, 2.75) is 59.8 Å². The fourth-order valence-electron chi connectivity index (χ4n) is 5.49. The molecule has 196 valence electrons. The van der Waals surface area contributed by atoms with E-state index in [4.69, 9.17) is 10.7 Å². The van der Waals surface area contributed by atoms with Gasteiger partial charge >= 0.3 is 0 Å². The Morgan fingerprint density at radius 1 is 1.11 bits per heavy atom. The summed E-state index contributed by atoms with van der Waals surface area (Å²) in [6.45, 7) is 8.95. The number of anilines is 1. The van der Waals surface area contributed by atoms with Crippen molar-refractivity contribution in [2.75, 3.05) is 5.32 Å². The highest BCUT2D eigenvalue weighted by Crippen LogP contribution is 2.44. The summed E-state index contributed by atoms with van der Waals surface area (Å²) in [5.41, 5.74) is 11.8. The van der Waals surface area contributed by atoms with Crippen LogP contribution < -0.4 is 11.1 Å². The molecule has 2 heterocycles. The van der Waals surface area contributed by atoms with Gasteiger partial charge in [0.1, 0.15) is 5.00 Å². The van der Waals surface area contributed by atoms with Crippen LogP contribution in [0.5, 0.6) is 0 Å². The van der Waals surface area contributed by atoms with E-state index in [9.17, 15) is 9.59 Å². The lowest BCUT2D eigenvalue weighted by molar-refractivity contribution is 0.1000. The van der Waals surface area contributed by atoms with E-state index in [1.165, 1.54) is 16.9 Å². The molecule has 1 aliphatic rings. The number of pyridine rings is 1. The summed E-state index contributed by atoms with van der Waals surface area (Å²) in [4.78, 5) is 32.3. The number of fused-ring (bicyclic) bond motifs is 2. The molecule has 0 aliphatic heterocycles. The van der Waals surface area contributed by atoms with Crippen LogP contribution >= 0.6 is 11.3 Å². The van der Waals surface area contributed by atoms with Crippen molar-refractivity contribution < 1.29 is 9.59 Å². The molecule has 38 heavy (non-hydrogen) atoms. The van der Waals surface area contributed by atoms with Gasteiger partial charge in [0.05, 0.1) is 22.3 Å². The van der Waals surface area contributed by atoms with Gasteiger partial charge in [-0.15, -0.1) is 11.3 Å². The number of primary amides is 1. The number of aromatic nitrogens is 1. The number of carbonyl (C=O) groups excluding carboxylic acids is 2. The highest BCUT2D eigenvalue weighted by Gasteiger charge is 2.33. The molecule has 0 fully saturated rings. The predicted octanol–water partition coefficient (Wildman–Crippen LogP) is 7.42. The van der Waals surface area contributed by atoms with Crippen LogP contribution in [0.3, 0.4) is 0 Å². The Morgan fingerprint density at radius 2 is 1.84 bits per heavy atom. The standard InChI is InChI=1S/C32H35N3O2S/c1-5-8-19-11-13-20(14-12-19)26-18-24(22-9-6-7-10-25(22)34-26)30(37)35-31-28(29(33)36)23-16-15-21(32(2,3)4)17-27(23)38-31/h6-7,9-14,18,21H,5,8,15-17H2,1-4H3,(H2,33,36)(H,35,37)/t21-/m0/s1. The Balaban J connectivity index is 1.52. The molecule has 0 bridgehead atoms. The van der Waals surface area contributed by atoms with Gasteiger partial charge in [0.25, 0.3) is 11.8 Å².